The SMILES string of the molecule is Cc1cc2oc(=O)cc(CSc3nncn3-c3ccccc3)c2cc1C(C)C. The number of thioether (sulfide) groups is 1. The van der Waals surface area contributed by atoms with Crippen molar-refractivity contribution in [1.29, 1.82) is 0 Å². The van der Waals surface area contributed by atoms with Crippen molar-refractivity contribution >= 4 is 22.7 Å². The number of nitrogens with zero attached hydrogens (tertiary/aromatic N) is 3. The van der Waals surface area contributed by atoms with Crippen LogP contribution in [0.3, 0.4) is 0 Å². The van der Waals surface area contributed by atoms with Crippen LogP contribution in [0, 0.1) is 6.92 Å². The second-order valence-electron chi connectivity index (χ2n) is 7.06. The second-order valence-corrected chi connectivity index (χ2v) is 8.00. The van der Waals surface area contributed by atoms with Gasteiger partial charge >= 0.3 is 5.63 Å². The monoisotopic (exact) mass is 391 g/mol. The van der Waals surface area contributed by atoms with E-state index in [1.165, 1.54) is 5.56 Å². The lowest BCUT2D eigenvalue weighted by Crippen LogP contribution is -2.02. The van der Waals surface area contributed by atoms with Crippen LogP contribution < -0.4 is 5.63 Å². The van der Waals surface area contributed by atoms with Gasteiger partial charge in [0.25, 0.3) is 0 Å². The van der Waals surface area contributed by atoms with E-state index in [4.69, 9.17) is 4.42 Å². The van der Waals surface area contributed by atoms with Crippen LogP contribution in [0.2, 0.25) is 0 Å². The molecule has 0 bridgehead atoms. The van der Waals surface area contributed by atoms with Gasteiger partial charge in [0.05, 0.1) is 0 Å². The van der Waals surface area contributed by atoms with E-state index >= 15 is 0 Å². The summed E-state index contributed by atoms with van der Waals surface area (Å²) in [7, 11) is 0. The van der Waals surface area contributed by atoms with Crippen LogP contribution >= 0.6 is 11.8 Å². The zero-order valence-corrected chi connectivity index (χ0v) is 16.9. The summed E-state index contributed by atoms with van der Waals surface area (Å²) < 4.78 is 7.40. The molecule has 0 atom stereocenters. The van der Waals surface area contributed by atoms with E-state index in [1.807, 2.05) is 41.0 Å². The van der Waals surface area contributed by atoms with Crippen LogP contribution in [0.1, 0.15) is 36.5 Å². The number of aryl methyl sites for hydroxylation is 1. The number of fused-ring (bicyclic) bond motifs is 1. The summed E-state index contributed by atoms with van der Waals surface area (Å²) in [4.78, 5) is 12.1. The maximum Gasteiger partial charge on any atom is 0.336 e. The van der Waals surface area contributed by atoms with Gasteiger partial charge in [-0.2, -0.15) is 0 Å². The zero-order valence-electron chi connectivity index (χ0n) is 16.0. The molecular formula is C22H21N3O2S. The second kappa shape index (κ2) is 7.64. The first-order chi connectivity index (χ1) is 13.5. The van der Waals surface area contributed by atoms with Crippen molar-refractivity contribution in [3.05, 3.63) is 82.0 Å². The number of hydrogen-bond acceptors (Lipinski definition) is 5. The fraction of sp³-hybridized carbons (Fsp3) is 0.227. The predicted molar refractivity (Wildman–Crippen MR) is 112 cm³/mol. The molecule has 28 heavy (non-hydrogen) atoms. The molecule has 2 aromatic carbocycles. The number of para-hydroxylation sites is 1. The van der Waals surface area contributed by atoms with Crippen molar-refractivity contribution in [3.8, 4) is 5.69 Å². The summed E-state index contributed by atoms with van der Waals surface area (Å²) in [5.41, 5.74) is 4.66. The molecule has 0 fully saturated rings. The molecule has 2 aromatic heterocycles. The minimum Gasteiger partial charge on any atom is -0.423 e. The van der Waals surface area contributed by atoms with Crippen molar-refractivity contribution < 1.29 is 4.42 Å². The molecule has 5 nitrogen and oxygen atoms in total. The Hall–Kier alpha value is -2.86. The van der Waals surface area contributed by atoms with E-state index in [9.17, 15) is 4.79 Å². The first kappa shape index (κ1) is 18.5. The molecule has 4 rings (SSSR count). The quantitative estimate of drug-likeness (QED) is 0.350. The standard InChI is InChI=1S/C22H21N3O2S/c1-14(2)18-11-19-16(10-21(26)27-20(19)9-15(18)3)12-28-22-24-23-13-25(22)17-7-5-4-6-8-17/h4-11,13-14H,12H2,1-3H3. The summed E-state index contributed by atoms with van der Waals surface area (Å²) in [6, 6.07) is 15.7. The summed E-state index contributed by atoms with van der Waals surface area (Å²) in [5, 5.41) is 10.1. The Kier molecular flexibility index (Phi) is 5.05. The van der Waals surface area contributed by atoms with Crippen LogP contribution in [0.4, 0.5) is 0 Å². The number of aromatic nitrogens is 3. The third kappa shape index (κ3) is 3.60. The molecule has 0 amide bonds. The minimum absolute atomic E-state index is 0.329. The Morgan fingerprint density at radius 3 is 2.68 bits per heavy atom. The molecule has 4 aromatic rings. The third-order valence-corrected chi connectivity index (χ3v) is 5.74. The number of hydrogen-bond donors (Lipinski definition) is 0. The molecule has 0 N–H and O–H groups in total. The van der Waals surface area contributed by atoms with Gasteiger partial charge in [0.1, 0.15) is 11.9 Å². The Bertz CT molecular complexity index is 1180. The van der Waals surface area contributed by atoms with Gasteiger partial charge in [-0.15, -0.1) is 10.2 Å². The van der Waals surface area contributed by atoms with Gasteiger partial charge in [0.2, 0.25) is 0 Å². The summed E-state index contributed by atoms with van der Waals surface area (Å²) in [6.07, 6.45) is 1.70. The highest BCUT2D eigenvalue weighted by molar-refractivity contribution is 7.98. The van der Waals surface area contributed by atoms with Crippen LogP contribution in [0.25, 0.3) is 16.7 Å². The van der Waals surface area contributed by atoms with Crippen LogP contribution in [-0.4, -0.2) is 14.8 Å². The smallest absolute Gasteiger partial charge is 0.336 e. The highest BCUT2D eigenvalue weighted by Crippen LogP contribution is 2.30. The Morgan fingerprint density at radius 1 is 1.14 bits per heavy atom. The Morgan fingerprint density at radius 2 is 1.93 bits per heavy atom. The third-order valence-electron chi connectivity index (χ3n) is 4.75. The molecule has 0 aliphatic heterocycles. The fourth-order valence-corrected chi connectivity index (χ4v) is 4.28. The first-order valence-electron chi connectivity index (χ1n) is 9.18. The van der Waals surface area contributed by atoms with Gasteiger partial charge < -0.3 is 4.42 Å². The van der Waals surface area contributed by atoms with E-state index < -0.39 is 0 Å². The topological polar surface area (TPSA) is 60.9 Å². The zero-order chi connectivity index (χ0) is 19.7. The molecule has 0 saturated heterocycles. The van der Waals surface area contributed by atoms with E-state index in [2.05, 4.69) is 37.0 Å². The predicted octanol–water partition coefficient (Wildman–Crippen LogP) is 5.10. The lowest BCUT2D eigenvalue weighted by molar-refractivity contribution is 0.559. The minimum atomic E-state index is -0.329. The fourth-order valence-electron chi connectivity index (χ4n) is 3.36. The molecule has 0 saturated carbocycles. The molecule has 142 valence electrons. The van der Waals surface area contributed by atoms with Gasteiger partial charge in [-0.3, -0.25) is 4.57 Å². The molecule has 6 heteroatoms. The average Bonchev–Trinajstić information content (AvgIpc) is 3.14. The summed E-state index contributed by atoms with van der Waals surface area (Å²) in [6.45, 7) is 6.40. The lowest BCUT2D eigenvalue weighted by Gasteiger charge is -2.13. The molecule has 0 aliphatic rings. The maximum atomic E-state index is 12.1. The van der Waals surface area contributed by atoms with Gasteiger partial charge in [0.15, 0.2) is 5.16 Å². The van der Waals surface area contributed by atoms with Crippen LogP contribution in [0.15, 0.2) is 69.2 Å². The highest BCUT2D eigenvalue weighted by atomic mass is 32.2. The Labute approximate surface area is 167 Å². The first-order valence-corrected chi connectivity index (χ1v) is 10.2. The van der Waals surface area contributed by atoms with Gasteiger partial charge in [-0.1, -0.05) is 43.8 Å². The van der Waals surface area contributed by atoms with E-state index in [0.29, 0.717) is 17.3 Å². The van der Waals surface area contributed by atoms with Crippen molar-refractivity contribution in [2.24, 2.45) is 0 Å². The average molecular weight is 391 g/mol. The van der Waals surface area contributed by atoms with E-state index in [0.717, 1.165) is 27.4 Å². The molecule has 2 heterocycles. The normalized spacial score (nSPS) is 11.4. The largest absolute Gasteiger partial charge is 0.423 e. The van der Waals surface area contributed by atoms with Crippen molar-refractivity contribution in [1.82, 2.24) is 14.8 Å². The van der Waals surface area contributed by atoms with Gasteiger partial charge in [-0.05, 0) is 53.8 Å². The molecule has 0 radical (unpaired) electrons. The molecule has 0 spiro atoms. The van der Waals surface area contributed by atoms with Crippen LogP contribution in [-0.2, 0) is 5.75 Å². The van der Waals surface area contributed by atoms with Crippen LogP contribution in [0.5, 0.6) is 0 Å². The van der Waals surface area contributed by atoms with E-state index in [-0.39, 0.29) is 5.63 Å². The highest BCUT2D eigenvalue weighted by Gasteiger charge is 2.13. The van der Waals surface area contributed by atoms with Crippen molar-refractivity contribution in [3.63, 3.8) is 0 Å². The molecule has 0 unspecified atom stereocenters. The summed E-state index contributed by atoms with van der Waals surface area (Å²) in [5.74, 6) is 1.01. The van der Waals surface area contributed by atoms with E-state index in [1.54, 1.807) is 24.2 Å². The number of benzene rings is 2. The van der Waals surface area contributed by atoms with Gasteiger partial charge in [0, 0.05) is 22.9 Å². The van der Waals surface area contributed by atoms with Gasteiger partial charge in [-0.25, -0.2) is 4.79 Å². The Balaban J connectivity index is 1.70. The van der Waals surface area contributed by atoms with Crippen molar-refractivity contribution in [2.45, 2.75) is 37.6 Å². The number of rotatable bonds is 5. The summed E-state index contributed by atoms with van der Waals surface area (Å²) >= 11 is 1.55. The molecule has 0 aliphatic carbocycles. The maximum absolute atomic E-state index is 12.1. The molecular weight excluding hydrogens is 370 g/mol. The van der Waals surface area contributed by atoms with Crippen molar-refractivity contribution in [2.75, 3.05) is 0 Å². The lowest BCUT2D eigenvalue weighted by atomic mass is 9.95.